The van der Waals surface area contributed by atoms with Crippen LogP contribution in [0.5, 0.6) is 5.75 Å². The van der Waals surface area contributed by atoms with E-state index in [4.69, 9.17) is 9.84 Å². The van der Waals surface area contributed by atoms with E-state index in [0.29, 0.717) is 24.3 Å². The second kappa shape index (κ2) is 8.51. The van der Waals surface area contributed by atoms with Crippen LogP contribution in [0.1, 0.15) is 18.1 Å². The summed E-state index contributed by atoms with van der Waals surface area (Å²) in [5, 5.41) is 4.82. The third-order valence-electron chi connectivity index (χ3n) is 5.95. The minimum absolute atomic E-state index is 0.106. The summed E-state index contributed by atoms with van der Waals surface area (Å²) < 4.78 is 21.4. The highest BCUT2D eigenvalue weighted by molar-refractivity contribution is 5.82. The number of hydrogen-bond acceptors (Lipinski definition) is 4. The van der Waals surface area contributed by atoms with Gasteiger partial charge in [-0.3, -0.25) is 9.69 Å². The van der Waals surface area contributed by atoms with Crippen LogP contribution in [0.3, 0.4) is 0 Å². The van der Waals surface area contributed by atoms with Gasteiger partial charge in [0, 0.05) is 44.0 Å². The zero-order chi connectivity index (χ0) is 22.1. The van der Waals surface area contributed by atoms with Gasteiger partial charge in [0.2, 0.25) is 5.91 Å². The van der Waals surface area contributed by atoms with Crippen molar-refractivity contribution in [3.05, 3.63) is 65.6 Å². The molecule has 1 aliphatic heterocycles. The topological polar surface area (TPSA) is 50.6 Å². The molecule has 1 saturated heterocycles. The minimum Gasteiger partial charge on any atom is -0.494 e. The number of benzene rings is 2. The number of rotatable bonds is 5. The fourth-order valence-electron chi connectivity index (χ4n) is 4.02. The normalized spacial score (nSPS) is 17.3. The first kappa shape index (κ1) is 21.1. The number of likely N-dealkylation sites (N-methyl/N-ethyl adjacent to an activating group) is 1. The van der Waals surface area contributed by atoms with Crippen LogP contribution in [0.15, 0.2) is 48.7 Å². The number of para-hydroxylation sites is 1. The van der Waals surface area contributed by atoms with Crippen molar-refractivity contribution in [2.45, 2.75) is 26.4 Å². The van der Waals surface area contributed by atoms with Gasteiger partial charge in [-0.25, -0.2) is 9.07 Å². The van der Waals surface area contributed by atoms with E-state index in [1.165, 1.54) is 13.2 Å². The summed E-state index contributed by atoms with van der Waals surface area (Å²) in [5.41, 5.74) is 4.37. The van der Waals surface area contributed by atoms with Crippen molar-refractivity contribution in [2.24, 2.45) is 0 Å². The largest absolute Gasteiger partial charge is 0.494 e. The van der Waals surface area contributed by atoms with Gasteiger partial charge in [0.1, 0.15) is 0 Å². The summed E-state index contributed by atoms with van der Waals surface area (Å²) in [5.74, 6) is -0.129. The molecule has 4 rings (SSSR count). The number of aryl methyl sites for hydroxylation is 1. The average molecular weight is 423 g/mol. The van der Waals surface area contributed by atoms with Crippen molar-refractivity contribution >= 4 is 5.91 Å². The van der Waals surface area contributed by atoms with Crippen molar-refractivity contribution < 1.29 is 13.9 Å². The van der Waals surface area contributed by atoms with Gasteiger partial charge in [0.25, 0.3) is 0 Å². The van der Waals surface area contributed by atoms with E-state index in [0.717, 1.165) is 23.4 Å². The van der Waals surface area contributed by atoms with Crippen LogP contribution < -0.4 is 4.74 Å². The molecule has 6 nitrogen and oxygen atoms in total. The average Bonchev–Trinajstić information content (AvgIpc) is 3.18. The lowest BCUT2D eigenvalue weighted by molar-refractivity contribution is -0.139. The molecule has 0 N–H and O–H groups in total. The van der Waals surface area contributed by atoms with Crippen LogP contribution >= 0.6 is 0 Å². The van der Waals surface area contributed by atoms with Crippen LogP contribution in [-0.2, 0) is 11.3 Å². The molecule has 1 fully saturated rings. The molecule has 1 aliphatic rings. The van der Waals surface area contributed by atoms with Gasteiger partial charge in [0.05, 0.1) is 24.5 Å². The smallest absolute Gasteiger partial charge is 0.239 e. The number of carbonyl (C=O) groups is 1. The highest BCUT2D eigenvalue weighted by Crippen LogP contribution is 2.30. The standard InChI is InChI=1S/C24H27FN4O2/c1-16-7-5-6-8-21(16)29-15-19(14-28-12-11-27(3)24(30)17(28)2)23(26-29)18-9-10-22(31-4)20(25)13-18/h5-10,13,15,17H,11-12,14H2,1-4H3/t17-/m0/s1. The van der Waals surface area contributed by atoms with Crippen LogP contribution in [0.4, 0.5) is 4.39 Å². The molecule has 2 heterocycles. The van der Waals surface area contributed by atoms with Gasteiger partial charge >= 0.3 is 0 Å². The van der Waals surface area contributed by atoms with Gasteiger partial charge in [0.15, 0.2) is 11.6 Å². The quantitative estimate of drug-likeness (QED) is 0.630. The van der Waals surface area contributed by atoms with E-state index < -0.39 is 5.82 Å². The van der Waals surface area contributed by atoms with E-state index in [-0.39, 0.29) is 17.7 Å². The Hall–Kier alpha value is -3.19. The van der Waals surface area contributed by atoms with E-state index >= 15 is 0 Å². The number of aromatic nitrogens is 2. The van der Waals surface area contributed by atoms with Crippen molar-refractivity contribution in [2.75, 3.05) is 27.2 Å². The Balaban J connectivity index is 1.76. The van der Waals surface area contributed by atoms with E-state index in [1.54, 1.807) is 11.0 Å². The fourth-order valence-corrected chi connectivity index (χ4v) is 4.02. The Kier molecular flexibility index (Phi) is 5.78. The number of amides is 1. The second-order valence-electron chi connectivity index (χ2n) is 7.99. The van der Waals surface area contributed by atoms with Gasteiger partial charge in [-0.15, -0.1) is 0 Å². The predicted molar refractivity (Wildman–Crippen MR) is 118 cm³/mol. The van der Waals surface area contributed by atoms with E-state index in [2.05, 4.69) is 4.90 Å². The minimum atomic E-state index is -0.431. The lowest BCUT2D eigenvalue weighted by Gasteiger charge is -2.37. The maximum Gasteiger partial charge on any atom is 0.239 e. The number of carbonyl (C=O) groups excluding carboxylic acids is 1. The maximum absolute atomic E-state index is 14.5. The number of methoxy groups -OCH3 is 1. The van der Waals surface area contributed by atoms with E-state index in [1.807, 2.05) is 62.1 Å². The Labute approximate surface area is 181 Å². The Morgan fingerprint density at radius 1 is 1.19 bits per heavy atom. The molecule has 1 amide bonds. The zero-order valence-electron chi connectivity index (χ0n) is 18.3. The highest BCUT2D eigenvalue weighted by atomic mass is 19.1. The van der Waals surface area contributed by atoms with Crippen LogP contribution in [0.2, 0.25) is 0 Å². The fraction of sp³-hybridized carbons (Fsp3) is 0.333. The third kappa shape index (κ3) is 4.05. The first-order valence-corrected chi connectivity index (χ1v) is 10.4. The Bertz CT molecular complexity index is 1110. The molecule has 0 radical (unpaired) electrons. The lowest BCUT2D eigenvalue weighted by Crippen LogP contribution is -2.53. The van der Waals surface area contributed by atoms with Crippen molar-refractivity contribution in [3.8, 4) is 22.7 Å². The molecule has 2 aromatic carbocycles. The number of halogens is 1. The number of ether oxygens (including phenoxy) is 1. The molecule has 3 aromatic rings. The molecule has 7 heteroatoms. The van der Waals surface area contributed by atoms with Gasteiger partial charge in [-0.2, -0.15) is 5.10 Å². The number of nitrogens with zero attached hydrogens (tertiary/aromatic N) is 4. The molecule has 1 aromatic heterocycles. The number of piperazine rings is 1. The molecule has 0 aliphatic carbocycles. The monoisotopic (exact) mass is 422 g/mol. The molecule has 1 atom stereocenters. The summed E-state index contributed by atoms with van der Waals surface area (Å²) in [6, 6.07) is 12.7. The Morgan fingerprint density at radius 3 is 2.68 bits per heavy atom. The first-order valence-electron chi connectivity index (χ1n) is 10.4. The molecule has 31 heavy (non-hydrogen) atoms. The first-order chi connectivity index (χ1) is 14.9. The predicted octanol–water partition coefficient (Wildman–Crippen LogP) is 3.66. The summed E-state index contributed by atoms with van der Waals surface area (Å²) in [7, 11) is 3.28. The molecule has 0 bridgehead atoms. The van der Waals surface area contributed by atoms with Crippen molar-refractivity contribution in [1.29, 1.82) is 0 Å². The van der Waals surface area contributed by atoms with Crippen LogP contribution in [0, 0.1) is 12.7 Å². The zero-order valence-corrected chi connectivity index (χ0v) is 18.3. The molecule has 0 saturated carbocycles. The molecular weight excluding hydrogens is 395 g/mol. The summed E-state index contributed by atoms with van der Waals surface area (Å²) in [6.45, 7) is 5.97. The summed E-state index contributed by atoms with van der Waals surface area (Å²) >= 11 is 0. The highest BCUT2D eigenvalue weighted by Gasteiger charge is 2.30. The lowest BCUT2D eigenvalue weighted by atomic mass is 10.1. The van der Waals surface area contributed by atoms with Crippen LogP contribution in [-0.4, -0.2) is 58.8 Å². The molecule has 0 spiro atoms. The van der Waals surface area contributed by atoms with Gasteiger partial charge in [-0.1, -0.05) is 18.2 Å². The molecule has 0 unspecified atom stereocenters. The second-order valence-corrected chi connectivity index (χ2v) is 7.99. The Morgan fingerprint density at radius 2 is 1.97 bits per heavy atom. The SMILES string of the molecule is COc1ccc(-c2nn(-c3ccccc3C)cc2CN2CCN(C)C(=O)[C@@H]2C)cc1F. The summed E-state index contributed by atoms with van der Waals surface area (Å²) in [4.78, 5) is 16.4. The molecular formula is C24H27FN4O2. The maximum atomic E-state index is 14.5. The van der Waals surface area contributed by atoms with Gasteiger partial charge in [-0.05, 0) is 43.7 Å². The third-order valence-corrected chi connectivity index (χ3v) is 5.95. The summed E-state index contributed by atoms with van der Waals surface area (Å²) in [6.07, 6.45) is 1.98. The van der Waals surface area contributed by atoms with Crippen LogP contribution in [0.25, 0.3) is 16.9 Å². The number of hydrogen-bond donors (Lipinski definition) is 0. The van der Waals surface area contributed by atoms with Gasteiger partial charge < -0.3 is 9.64 Å². The molecule has 162 valence electrons. The van der Waals surface area contributed by atoms with Crippen molar-refractivity contribution in [3.63, 3.8) is 0 Å². The van der Waals surface area contributed by atoms with E-state index in [9.17, 15) is 9.18 Å². The van der Waals surface area contributed by atoms with Crippen molar-refractivity contribution in [1.82, 2.24) is 19.6 Å².